The molecule has 0 atom stereocenters. The summed E-state index contributed by atoms with van der Waals surface area (Å²) in [7, 11) is 0. The van der Waals surface area contributed by atoms with Gasteiger partial charge in [-0.3, -0.25) is 0 Å². The molecule has 0 bridgehead atoms. The summed E-state index contributed by atoms with van der Waals surface area (Å²) < 4.78 is 7.37. The molecule has 0 saturated heterocycles. The van der Waals surface area contributed by atoms with Gasteiger partial charge in [0.05, 0.1) is 34.3 Å². The first-order valence-corrected chi connectivity index (χ1v) is 17.7. The maximum absolute atomic E-state index is 9.62. The van der Waals surface area contributed by atoms with Crippen molar-refractivity contribution in [1.29, 1.82) is 10.5 Å². The van der Waals surface area contributed by atoms with Gasteiger partial charge in [-0.15, -0.1) is 22.7 Å². The Hall–Kier alpha value is -6.24. The summed E-state index contributed by atoms with van der Waals surface area (Å²) in [4.78, 5) is 0. The maximum Gasteiger partial charge on any atom is 0.0991 e. The fourth-order valence-corrected chi connectivity index (χ4v) is 9.46. The summed E-state index contributed by atoms with van der Waals surface area (Å²) in [6.45, 7) is 0. The van der Waals surface area contributed by atoms with Crippen molar-refractivity contribution in [3.05, 3.63) is 151 Å². The van der Waals surface area contributed by atoms with Crippen LogP contribution in [0.3, 0.4) is 0 Å². The third-order valence-corrected chi connectivity index (χ3v) is 11.9. The first-order valence-electron chi connectivity index (χ1n) is 16.0. The molecule has 49 heavy (non-hydrogen) atoms. The van der Waals surface area contributed by atoms with Gasteiger partial charge in [-0.25, -0.2) is 0 Å². The van der Waals surface area contributed by atoms with Crippen LogP contribution in [0.4, 0.5) is 0 Å². The highest BCUT2D eigenvalue weighted by Crippen LogP contribution is 2.41. The Morgan fingerprint density at radius 3 is 1.51 bits per heavy atom. The molecule has 0 aliphatic rings. The quantitative estimate of drug-likeness (QED) is 0.190. The number of benzene rings is 7. The first-order chi connectivity index (χ1) is 24.1. The monoisotopic (exact) mass is 657 g/mol. The van der Waals surface area contributed by atoms with Crippen LogP contribution < -0.4 is 0 Å². The Kier molecular flexibility index (Phi) is 6.04. The predicted molar refractivity (Wildman–Crippen MR) is 207 cm³/mol. The number of thiophene rings is 2. The smallest absolute Gasteiger partial charge is 0.0991 e. The molecular weight excluding hydrogens is 635 g/mol. The topological polar surface area (TPSA) is 52.5 Å². The van der Waals surface area contributed by atoms with E-state index in [0.717, 1.165) is 27.5 Å². The summed E-state index contributed by atoms with van der Waals surface area (Å²) in [5, 5.41) is 26.2. The van der Waals surface area contributed by atoms with Crippen molar-refractivity contribution >= 4 is 84.8 Å². The molecule has 7 aromatic carbocycles. The zero-order valence-electron chi connectivity index (χ0n) is 25.9. The molecule has 5 heteroatoms. The highest BCUT2D eigenvalue weighted by molar-refractivity contribution is 7.26. The molecule has 0 N–H and O–H groups in total. The molecule has 0 fully saturated rings. The van der Waals surface area contributed by atoms with Crippen LogP contribution in [0.5, 0.6) is 0 Å². The van der Waals surface area contributed by atoms with Gasteiger partial charge < -0.3 is 4.57 Å². The Bertz CT molecular complexity index is 3020. The fraction of sp³-hybridized carbons (Fsp3) is 0. The number of rotatable bonds is 3. The summed E-state index contributed by atoms with van der Waals surface area (Å²) in [6.07, 6.45) is 0. The maximum atomic E-state index is 9.62. The molecular formula is C44H23N3S2. The Balaban J connectivity index is 1.11. The highest BCUT2D eigenvalue weighted by Gasteiger charge is 2.16. The Labute approximate surface area is 289 Å². The number of aromatic nitrogens is 1. The second-order valence-electron chi connectivity index (χ2n) is 12.4. The van der Waals surface area contributed by atoms with Crippen molar-refractivity contribution in [2.45, 2.75) is 0 Å². The Morgan fingerprint density at radius 2 is 0.898 bits per heavy atom. The van der Waals surface area contributed by atoms with E-state index in [-0.39, 0.29) is 0 Å². The van der Waals surface area contributed by atoms with Crippen LogP contribution in [0.2, 0.25) is 0 Å². The highest BCUT2D eigenvalue weighted by atomic mass is 32.1. The van der Waals surface area contributed by atoms with E-state index in [4.69, 9.17) is 0 Å². The van der Waals surface area contributed by atoms with Crippen LogP contribution in [-0.4, -0.2) is 4.57 Å². The number of hydrogen-bond donors (Lipinski definition) is 0. The lowest BCUT2D eigenvalue weighted by molar-refractivity contribution is 1.19. The fourth-order valence-electron chi connectivity index (χ4n) is 7.31. The van der Waals surface area contributed by atoms with E-state index in [0.29, 0.717) is 11.1 Å². The van der Waals surface area contributed by atoms with Crippen LogP contribution in [-0.2, 0) is 0 Å². The summed E-state index contributed by atoms with van der Waals surface area (Å²) in [5.74, 6) is 0. The number of nitrogens with zero attached hydrogens (tertiary/aromatic N) is 3. The van der Waals surface area contributed by atoms with E-state index in [1.807, 2.05) is 59.1 Å². The lowest BCUT2D eigenvalue weighted by Crippen LogP contribution is -1.93. The van der Waals surface area contributed by atoms with Gasteiger partial charge in [0.2, 0.25) is 0 Å². The first kappa shape index (κ1) is 27.8. The molecule has 3 heterocycles. The van der Waals surface area contributed by atoms with E-state index in [2.05, 4.69) is 120 Å². The van der Waals surface area contributed by atoms with Gasteiger partial charge in [0.1, 0.15) is 0 Å². The van der Waals surface area contributed by atoms with E-state index < -0.39 is 0 Å². The summed E-state index contributed by atoms with van der Waals surface area (Å²) >= 11 is 3.66. The second kappa shape index (κ2) is 10.6. The van der Waals surface area contributed by atoms with Crippen LogP contribution in [0.1, 0.15) is 11.1 Å². The molecule has 0 saturated carbocycles. The van der Waals surface area contributed by atoms with Crippen molar-refractivity contribution in [3.8, 4) is 40.1 Å². The van der Waals surface area contributed by atoms with E-state index >= 15 is 0 Å². The van der Waals surface area contributed by atoms with Crippen molar-refractivity contribution in [2.75, 3.05) is 0 Å². The predicted octanol–water partition coefficient (Wildman–Crippen LogP) is 12.6. The summed E-state index contributed by atoms with van der Waals surface area (Å²) in [6, 6.07) is 54.0. The number of hydrogen-bond acceptors (Lipinski definition) is 4. The van der Waals surface area contributed by atoms with Crippen LogP contribution in [0.25, 0.3) is 90.1 Å². The standard InChI is InChI=1S/C44H23N3S2/c45-24-26-8-13-39-34(18-26)35-19-27(25-46)9-14-40(35)47(39)32-12-17-44-38(23-32)37-22-31(11-16-43(37)49-44)29-5-3-4-28(20-29)30-10-15-42-36(21-30)33-6-1-2-7-41(33)48-42/h1-23H. The van der Waals surface area contributed by atoms with Gasteiger partial charge >= 0.3 is 0 Å². The molecule has 10 rings (SSSR count). The largest absolute Gasteiger partial charge is 0.309 e. The molecule has 0 spiro atoms. The normalized spacial score (nSPS) is 11.6. The number of fused-ring (bicyclic) bond motifs is 9. The minimum Gasteiger partial charge on any atom is -0.309 e. The Morgan fingerprint density at radius 1 is 0.388 bits per heavy atom. The molecule has 226 valence electrons. The average Bonchev–Trinajstić information content (AvgIpc) is 3.82. The molecule has 3 aromatic heterocycles. The molecule has 10 aromatic rings. The zero-order chi connectivity index (χ0) is 32.6. The number of nitriles is 2. The second-order valence-corrected chi connectivity index (χ2v) is 14.6. The lowest BCUT2D eigenvalue weighted by atomic mass is 9.97. The average molecular weight is 658 g/mol. The minimum absolute atomic E-state index is 0.602. The van der Waals surface area contributed by atoms with E-state index in [1.165, 1.54) is 62.6 Å². The lowest BCUT2D eigenvalue weighted by Gasteiger charge is -2.09. The van der Waals surface area contributed by atoms with Crippen molar-refractivity contribution in [3.63, 3.8) is 0 Å². The van der Waals surface area contributed by atoms with Gasteiger partial charge in [0.15, 0.2) is 0 Å². The third kappa shape index (κ3) is 4.31. The molecule has 3 nitrogen and oxygen atoms in total. The van der Waals surface area contributed by atoms with Crippen molar-refractivity contribution < 1.29 is 0 Å². The molecule has 0 amide bonds. The van der Waals surface area contributed by atoms with E-state index in [9.17, 15) is 10.5 Å². The van der Waals surface area contributed by atoms with Crippen LogP contribution in [0, 0.1) is 22.7 Å². The van der Waals surface area contributed by atoms with Gasteiger partial charge in [0.25, 0.3) is 0 Å². The van der Waals surface area contributed by atoms with Crippen molar-refractivity contribution in [1.82, 2.24) is 4.57 Å². The van der Waals surface area contributed by atoms with Gasteiger partial charge in [-0.2, -0.15) is 10.5 Å². The molecule has 0 radical (unpaired) electrons. The van der Waals surface area contributed by atoms with Gasteiger partial charge in [-0.1, -0.05) is 48.5 Å². The zero-order valence-corrected chi connectivity index (χ0v) is 27.6. The minimum atomic E-state index is 0.602. The van der Waals surface area contributed by atoms with Gasteiger partial charge in [-0.05, 0) is 113 Å². The van der Waals surface area contributed by atoms with Crippen molar-refractivity contribution in [2.24, 2.45) is 0 Å². The van der Waals surface area contributed by atoms with Crippen LogP contribution in [0.15, 0.2) is 140 Å². The summed E-state index contributed by atoms with van der Waals surface area (Å²) in [5.41, 5.74) is 9.07. The molecule has 0 unspecified atom stereocenters. The van der Waals surface area contributed by atoms with Crippen LogP contribution >= 0.6 is 22.7 Å². The van der Waals surface area contributed by atoms with E-state index in [1.54, 1.807) is 0 Å². The third-order valence-electron chi connectivity index (χ3n) is 9.64. The SMILES string of the molecule is N#Cc1ccc2c(c1)c1cc(C#N)ccc1n2-c1ccc2sc3ccc(-c4cccc(-c5ccc6sc7ccccc7c6c5)c4)cc3c2c1. The van der Waals surface area contributed by atoms with Gasteiger partial charge in [0, 0.05) is 56.8 Å². The molecule has 0 aliphatic heterocycles. The molecule has 0 aliphatic carbocycles.